The number of benzene rings is 1. The number of rotatable bonds is 7. The molecule has 1 aromatic heterocycles. The normalized spacial score (nSPS) is 15.3. The number of nitrogens with zero attached hydrogens (tertiary/aromatic N) is 1. The molecular formula is C22H27NO6. The lowest BCUT2D eigenvalue weighted by Crippen LogP contribution is -2.25. The number of aromatic carboxylic acids is 1. The summed E-state index contributed by atoms with van der Waals surface area (Å²) in [4.78, 5) is 23.9. The number of carboxylic acids is 1. The first kappa shape index (κ1) is 20.9. The van der Waals surface area contributed by atoms with E-state index in [0.29, 0.717) is 43.6 Å². The van der Waals surface area contributed by atoms with Gasteiger partial charge in [-0.15, -0.1) is 0 Å². The Labute approximate surface area is 169 Å². The van der Waals surface area contributed by atoms with Crippen LogP contribution in [0.3, 0.4) is 0 Å². The van der Waals surface area contributed by atoms with Crippen LogP contribution < -0.4 is 14.9 Å². The van der Waals surface area contributed by atoms with Crippen molar-refractivity contribution in [1.29, 1.82) is 0 Å². The average Bonchev–Trinajstić information content (AvgIpc) is 2.81. The van der Waals surface area contributed by atoms with Gasteiger partial charge in [0.15, 0.2) is 5.43 Å². The zero-order chi connectivity index (χ0) is 21.1. The number of hydrogen-bond acceptors (Lipinski definition) is 5. The van der Waals surface area contributed by atoms with Crippen molar-refractivity contribution in [1.82, 2.24) is 4.57 Å². The lowest BCUT2D eigenvalue weighted by molar-refractivity contribution is 0.0694. The average molecular weight is 401 g/mol. The molecule has 0 amide bonds. The molecule has 0 saturated carbocycles. The summed E-state index contributed by atoms with van der Waals surface area (Å²) < 4.78 is 19.1. The van der Waals surface area contributed by atoms with Gasteiger partial charge >= 0.3 is 5.97 Å². The van der Waals surface area contributed by atoms with E-state index in [4.69, 9.17) is 14.2 Å². The highest BCUT2D eigenvalue weighted by molar-refractivity contribution is 5.87. The molecule has 0 unspecified atom stereocenters. The molecule has 0 bridgehead atoms. The molecule has 7 nitrogen and oxygen atoms in total. The summed E-state index contributed by atoms with van der Waals surface area (Å²) in [6.07, 6.45) is 1.44. The third-order valence-corrected chi connectivity index (χ3v) is 5.09. The van der Waals surface area contributed by atoms with Crippen LogP contribution in [0.1, 0.15) is 42.7 Å². The minimum absolute atomic E-state index is 0.112. The van der Waals surface area contributed by atoms with Crippen LogP contribution in [0.2, 0.25) is 0 Å². The summed E-state index contributed by atoms with van der Waals surface area (Å²) in [5.74, 6) is 0.256. The van der Waals surface area contributed by atoms with Crippen LogP contribution in [0.25, 0.3) is 11.3 Å². The van der Waals surface area contributed by atoms with Crippen LogP contribution in [0.5, 0.6) is 11.5 Å². The number of pyridine rings is 1. The standard InChI is InChI=1S/C22H27NO6/c1-5-27-6-7-28-20-10-21-15(8-14(20)4)17-9-19(24)16(22(25)26)11-23(17)18(12-29-21)13(2)3/h8-11,13,18H,5-7,12H2,1-4H3,(H,25,26)/t18-/m0/s1. The molecule has 3 rings (SSSR count). The number of aryl methyl sites for hydroxylation is 1. The fraction of sp³-hybridized carbons (Fsp3) is 0.455. The molecule has 0 aliphatic carbocycles. The van der Waals surface area contributed by atoms with E-state index in [9.17, 15) is 14.7 Å². The lowest BCUT2D eigenvalue weighted by Gasteiger charge is -2.24. The highest BCUT2D eigenvalue weighted by atomic mass is 16.5. The molecule has 1 aliphatic heterocycles. The van der Waals surface area contributed by atoms with Gasteiger partial charge in [-0.2, -0.15) is 0 Å². The van der Waals surface area contributed by atoms with E-state index in [2.05, 4.69) is 0 Å². The smallest absolute Gasteiger partial charge is 0.341 e. The van der Waals surface area contributed by atoms with Gasteiger partial charge in [0.25, 0.3) is 0 Å². The van der Waals surface area contributed by atoms with Crippen molar-refractivity contribution in [3.8, 4) is 22.8 Å². The van der Waals surface area contributed by atoms with E-state index in [1.54, 1.807) is 0 Å². The van der Waals surface area contributed by atoms with Crippen molar-refractivity contribution >= 4 is 5.97 Å². The number of fused-ring (bicyclic) bond motifs is 3. The maximum Gasteiger partial charge on any atom is 0.341 e. The third-order valence-electron chi connectivity index (χ3n) is 5.09. The van der Waals surface area contributed by atoms with Gasteiger partial charge in [0.1, 0.15) is 30.3 Å². The zero-order valence-corrected chi connectivity index (χ0v) is 17.2. The quantitative estimate of drug-likeness (QED) is 0.715. The third kappa shape index (κ3) is 4.29. The first-order valence-electron chi connectivity index (χ1n) is 9.81. The van der Waals surface area contributed by atoms with Crippen molar-refractivity contribution in [3.05, 3.63) is 45.7 Å². The molecule has 0 radical (unpaired) electrons. The predicted octanol–water partition coefficient (Wildman–Crippen LogP) is 3.53. The molecule has 2 heterocycles. The molecule has 0 saturated heterocycles. The summed E-state index contributed by atoms with van der Waals surface area (Å²) in [7, 11) is 0. The molecule has 1 aliphatic rings. The molecule has 1 aromatic carbocycles. The van der Waals surface area contributed by atoms with Crippen molar-refractivity contribution in [2.75, 3.05) is 26.4 Å². The zero-order valence-electron chi connectivity index (χ0n) is 17.2. The monoisotopic (exact) mass is 401 g/mol. The van der Waals surface area contributed by atoms with E-state index in [1.165, 1.54) is 12.3 Å². The molecule has 0 fully saturated rings. The minimum Gasteiger partial charge on any atom is -0.491 e. The topological polar surface area (TPSA) is 87.0 Å². The van der Waals surface area contributed by atoms with Crippen LogP contribution in [0.15, 0.2) is 29.2 Å². The summed E-state index contributed by atoms with van der Waals surface area (Å²) in [5, 5.41) is 9.39. The first-order chi connectivity index (χ1) is 13.8. The van der Waals surface area contributed by atoms with Crippen molar-refractivity contribution in [3.63, 3.8) is 0 Å². The maximum atomic E-state index is 12.4. The summed E-state index contributed by atoms with van der Waals surface area (Å²) in [6.45, 7) is 9.87. The van der Waals surface area contributed by atoms with E-state index in [0.717, 1.165) is 11.1 Å². The fourth-order valence-electron chi connectivity index (χ4n) is 3.47. The first-order valence-corrected chi connectivity index (χ1v) is 9.81. The summed E-state index contributed by atoms with van der Waals surface area (Å²) >= 11 is 0. The van der Waals surface area contributed by atoms with Crippen LogP contribution >= 0.6 is 0 Å². The van der Waals surface area contributed by atoms with Gasteiger partial charge in [0.05, 0.1) is 18.3 Å². The van der Waals surface area contributed by atoms with E-state index in [-0.39, 0.29) is 17.5 Å². The second-order valence-electron chi connectivity index (χ2n) is 7.43. The van der Waals surface area contributed by atoms with Crippen molar-refractivity contribution in [2.45, 2.75) is 33.7 Å². The van der Waals surface area contributed by atoms with Gasteiger partial charge in [-0.25, -0.2) is 4.79 Å². The summed E-state index contributed by atoms with van der Waals surface area (Å²) in [6, 6.07) is 5.03. The van der Waals surface area contributed by atoms with Crippen LogP contribution in [0, 0.1) is 12.8 Å². The Morgan fingerprint density at radius 1 is 1.31 bits per heavy atom. The lowest BCUT2D eigenvalue weighted by atomic mass is 10.0. The predicted molar refractivity (Wildman–Crippen MR) is 109 cm³/mol. The Bertz CT molecular complexity index is 963. The molecule has 2 aromatic rings. The molecule has 1 atom stereocenters. The molecule has 7 heteroatoms. The number of aromatic nitrogens is 1. The largest absolute Gasteiger partial charge is 0.491 e. The molecular weight excluding hydrogens is 374 g/mol. The Balaban J connectivity index is 2.09. The Morgan fingerprint density at radius 2 is 2.07 bits per heavy atom. The molecule has 1 N–H and O–H groups in total. The number of hydrogen-bond donors (Lipinski definition) is 1. The molecule has 0 spiro atoms. The van der Waals surface area contributed by atoms with Crippen molar-refractivity contribution in [2.24, 2.45) is 5.92 Å². The molecule has 156 valence electrons. The van der Waals surface area contributed by atoms with Gasteiger partial charge in [0, 0.05) is 30.5 Å². The van der Waals surface area contributed by atoms with E-state index in [1.807, 2.05) is 44.4 Å². The van der Waals surface area contributed by atoms with Crippen LogP contribution in [0.4, 0.5) is 0 Å². The Kier molecular flexibility index (Phi) is 6.27. The number of ether oxygens (including phenoxy) is 3. The second kappa shape index (κ2) is 8.69. The Morgan fingerprint density at radius 3 is 2.72 bits per heavy atom. The highest BCUT2D eigenvalue weighted by Gasteiger charge is 2.27. The highest BCUT2D eigenvalue weighted by Crippen LogP contribution is 2.40. The van der Waals surface area contributed by atoms with Crippen LogP contribution in [-0.2, 0) is 4.74 Å². The second-order valence-corrected chi connectivity index (χ2v) is 7.43. The van der Waals surface area contributed by atoms with Gasteiger partial charge in [0.2, 0.25) is 0 Å². The molecule has 29 heavy (non-hydrogen) atoms. The van der Waals surface area contributed by atoms with Crippen molar-refractivity contribution < 1.29 is 24.1 Å². The minimum atomic E-state index is -1.23. The SMILES string of the molecule is CCOCCOc1cc2c(cc1C)-c1cc(=O)c(C(=O)O)cn1[C@H](C(C)C)CO2. The van der Waals surface area contributed by atoms with Gasteiger partial charge in [-0.1, -0.05) is 13.8 Å². The van der Waals surface area contributed by atoms with E-state index < -0.39 is 11.4 Å². The Hall–Kier alpha value is -2.80. The van der Waals surface area contributed by atoms with Crippen LogP contribution in [-0.4, -0.2) is 42.1 Å². The maximum absolute atomic E-state index is 12.4. The van der Waals surface area contributed by atoms with Gasteiger partial charge in [-0.05, 0) is 31.4 Å². The number of carboxylic acid groups (broad SMARTS) is 1. The summed E-state index contributed by atoms with van der Waals surface area (Å²) in [5.41, 5.74) is 1.53. The van der Waals surface area contributed by atoms with Gasteiger partial charge in [-0.3, -0.25) is 4.79 Å². The van der Waals surface area contributed by atoms with Gasteiger partial charge < -0.3 is 23.9 Å². The van der Waals surface area contributed by atoms with E-state index >= 15 is 0 Å². The number of carbonyl (C=O) groups is 1. The fourth-order valence-corrected chi connectivity index (χ4v) is 3.47.